The Bertz CT molecular complexity index is 385. The van der Waals surface area contributed by atoms with E-state index in [1.165, 1.54) is 0 Å². The van der Waals surface area contributed by atoms with E-state index in [0.29, 0.717) is 6.04 Å². The Morgan fingerprint density at radius 1 is 1.25 bits per heavy atom. The summed E-state index contributed by atoms with van der Waals surface area (Å²) in [6.07, 6.45) is 2.81. The normalized spacial score (nSPS) is 16.7. The van der Waals surface area contributed by atoms with Gasteiger partial charge in [-0.25, -0.2) is 4.98 Å². The Labute approximate surface area is 121 Å². The third-order valence-corrected chi connectivity index (χ3v) is 3.75. The molecule has 0 atom stereocenters. The largest absolute Gasteiger partial charge is 0.492 e. The summed E-state index contributed by atoms with van der Waals surface area (Å²) in [7, 11) is 0. The Morgan fingerprint density at radius 3 is 2.55 bits per heavy atom. The van der Waals surface area contributed by atoms with E-state index in [-0.39, 0.29) is 0 Å². The average molecular weight is 279 g/mol. The van der Waals surface area contributed by atoms with Crippen LogP contribution in [-0.4, -0.2) is 55.3 Å². The summed E-state index contributed by atoms with van der Waals surface area (Å²) in [6.45, 7) is 10.5. The molecule has 1 saturated heterocycles. The van der Waals surface area contributed by atoms with Gasteiger partial charge in [0.2, 0.25) is 0 Å². The molecule has 0 amide bonds. The number of rotatable bonds is 6. The third kappa shape index (κ3) is 4.08. The van der Waals surface area contributed by atoms with Gasteiger partial charge >= 0.3 is 0 Å². The van der Waals surface area contributed by atoms with Crippen molar-refractivity contribution in [3.63, 3.8) is 0 Å². The van der Waals surface area contributed by atoms with Gasteiger partial charge < -0.3 is 15.4 Å². The molecule has 112 valence electrons. The fourth-order valence-corrected chi connectivity index (χ4v) is 2.40. The van der Waals surface area contributed by atoms with Crippen molar-refractivity contribution in [2.24, 2.45) is 0 Å². The van der Waals surface area contributed by atoms with Crippen LogP contribution in [0, 0.1) is 0 Å². The van der Waals surface area contributed by atoms with E-state index in [4.69, 9.17) is 4.74 Å². The molecule has 1 aromatic rings. The molecule has 3 N–H and O–H groups in total. The van der Waals surface area contributed by atoms with Gasteiger partial charge in [0.05, 0.1) is 19.3 Å². The number of hydrogen-bond acceptors (Lipinski definition) is 4. The van der Waals surface area contributed by atoms with Crippen LogP contribution in [-0.2, 0) is 0 Å². The highest BCUT2D eigenvalue weighted by atomic mass is 16.5. The number of anilines is 1. The molecule has 0 unspecified atom stereocenters. The van der Waals surface area contributed by atoms with Crippen LogP contribution in [0.5, 0.6) is 5.75 Å². The Morgan fingerprint density at radius 2 is 2.00 bits per heavy atom. The Kier molecular flexibility index (Phi) is 5.61. The van der Waals surface area contributed by atoms with Crippen molar-refractivity contribution in [3.05, 3.63) is 18.3 Å². The van der Waals surface area contributed by atoms with Gasteiger partial charge in [-0.2, -0.15) is 0 Å². The molecule has 2 heterocycles. The first-order chi connectivity index (χ1) is 9.70. The summed E-state index contributed by atoms with van der Waals surface area (Å²) in [5.74, 6) is 1.90. The second-order valence-electron chi connectivity index (χ2n) is 5.52. The molecule has 0 radical (unpaired) electrons. The highest BCUT2D eigenvalue weighted by molar-refractivity contribution is 5.41. The maximum atomic E-state index is 5.61. The van der Waals surface area contributed by atoms with Crippen LogP contribution in [0.1, 0.15) is 20.3 Å². The topological polar surface area (TPSA) is 56.2 Å². The van der Waals surface area contributed by atoms with Crippen molar-refractivity contribution < 1.29 is 10.5 Å². The molecule has 1 fully saturated rings. The predicted octanol–water partition coefficient (Wildman–Crippen LogP) is 0.623. The Hall–Kier alpha value is -1.33. The molecule has 1 aromatic heterocycles. The molecule has 20 heavy (non-hydrogen) atoms. The first-order valence-electron chi connectivity index (χ1n) is 7.58. The molecule has 0 bridgehead atoms. The molecular formula is C15H27N4O+. The molecule has 0 spiro atoms. The minimum Gasteiger partial charge on any atom is -0.492 e. The summed E-state index contributed by atoms with van der Waals surface area (Å²) in [4.78, 5) is 9.37. The third-order valence-electron chi connectivity index (χ3n) is 3.75. The SMILES string of the molecule is CC(C)N1CCN(c2ccc(OCCC[NH3+])cn2)CC1. The molecule has 0 aromatic carbocycles. The maximum absolute atomic E-state index is 5.61. The lowest BCUT2D eigenvalue weighted by atomic mass is 10.2. The van der Waals surface area contributed by atoms with Crippen LogP contribution < -0.4 is 15.4 Å². The summed E-state index contributed by atoms with van der Waals surface area (Å²) < 4.78 is 5.61. The standard InChI is InChI=1S/C15H26N4O/c1-13(2)18-7-9-19(10-8-18)15-5-4-14(12-17-15)20-11-3-6-16/h4-5,12-13H,3,6-11,16H2,1-2H3/p+1. The van der Waals surface area contributed by atoms with E-state index in [2.05, 4.69) is 40.4 Å². The summed E-state index contributed by atoms with van der Waals surface area (Å²) >= 11 is 0. The van der Waals surface area contributed by atoms with Gasteiger partial charge in [-0.3, -0.25) is 4.90 Å². The van der Waals surface area contributed by atoms with E-state index >= 15 is 0 Å². The quantitative estimate of drug-likeness (QED) is 0.776. The van der Waals surface area contributed by atoms with E-state index < -0.39 is 0 Å². The van der Waals surface area contributed by atoms with Gasteiger partial charge in [0.1, 0.15) is 11.6 Å². The number of ether oxygens (including phenoxy) is 1. The second-order valence-corrected chi connectivity index (χ2v) is 5.52. The summed E-state index contributed by atoms with van der Waals surface area (Å²) in [5.41, 5.74) is 3.80. The van der Waals surface area contributed by atoms with Gasteiger partial charge in [-0.1, -0.05) is 0 Å². The Balaban J connectivity index is 1.84. The minimum absolute atomic E-state index is 0.633. The number of pyridine rings is 1. The molecule has 0 aliphatic carbocycles. The number of aromatic nitrogens is 1. The van der Waals surface area contributed by atoms with Crippen LogP contribution in [0.4, 0.5) is 5.82 Å². The zero-order valence-corrected chi connectivity index (χ0v) is 12.7. The molecule has 2 rings (SSSR count). The molecule has 0 saturated carbocycles. The predicted molar refractivity (Wildman–Crippen MR) is 81.0 cm³/mol. The molecule has 1 aliphatic heterocycles. The average Bonchev–Trinajstić information content (AvgIpc) is 2.48. The summed E-state index contributed by atoms with van der Waals surface area (Å²) in [5, 5.41) is 0. The van der Waals surface area contributed by atoms with Crippen LogP contribution >= 0.6 is 0 Å². The number of nitrogens with zero attached hydrogens (tertiary/aromatic N) is 3. The van der Waals surface area contributed by atoms with Crippen LogP contribution in [0.2, 0.25) is 0 Å². The first-order valence-corrected chi connectivity index (χ1v) is 7.58. The van der Waals surface area contributed by atoms with Crippen LogP contribution in [0.15, 0.2) is 18.3 Å². The van der Waals surface area contributed by atoms with Gasteiger partial charge in [0.15, 0.2) is 0 Å². The number of quaternary nitrogens is 1. The van der Waals surface area contributed by atoms with Crippen molar-refractivity contribution >= 4 is 5.82 Å². The lowest BCUT2D eigenvalue weighted by molar-refractivity contribution is -0.368. The van der Waals surface area contributed by atoms with Gasteiger partial charge in [-0.15, -0.1) is 0 Å². The minimum atomic E-state index is 0.633. The fourth-order valence-electron chi connectivity index (χ4n) is 2.40. The summed E-state index contributed by atoms with van der Waals surface area (Å²) in [6, 6.07) is 4.71. The highest BCUT2D eigenvalue weighted by Crippen LogP contribution is 2.18. The van der Waals surface area contributed by atoms with E-state index in [1.54, 1.807) is 0 Å². The molecule has 1 aliphatic rings. The van der Waals surface area contributed by atoms with Gasteiger partial charge in [0.25, 0.3) is 0 Å². The van der Waals surface area contributed by atoms with E-state index in [0.717, 1.165) is 57.3 Å². The highest BCUT2D eigenvalue weighted by Gasteiger charge is 2.19. The monoisotopic (exact) mass is 279 g/mol. The van der Waals surface area contributed by atoms with E-state index in [1.807, 2.05) is 12.3 Å². The van der Waals surface area contributed by atoms with Crippen molar-refractivity contribution in [1.29, 1.82) is 0 Å². The first kappa shape index (κ1) is 15.1. The fraction of sp³-hybridized carbons (Fsp3) is 0.667. The van der Waals surface area contributed by atoms with Crippen molar-refractivity contribution in [2.45, 2.75) is 26.3 Å². The molecular weight excluding hydrogens is 252 g/mol. The van der Waals surface area contributed by atoms with Crippen molar-refractivity contribution in [2.75, 3.05) is 44.2 Å². The molecule has 5 nitrogen and oxygen atoms in total. The zero-order valence-electron chi connectivity index (χ0n) is 12.7. The number of hydrogen-bond donors (Lipinski definition) is 1. The smallest absolute Gasteiger partial charge is 0.137 e. The second kappa shape index (κ2) is 7.45. The lowest BCUT2D eigenvalue weighted by Gasteiger charge is -2.37. The van der Waals surface area contributed by atoms with Gasteiger partial charge in [-0.05, 0) is 26.0 Å². The molecule has 5 heteroatoms. The maximum Gasteiger partial charge on any atom is 0.137 e. The van der Waals surface area contributed by atoms with Crippen molar-refractivity contribution in [1.82, 2.24) is 9.88 Å². The lowest BCUT2D eigenvalue weighted by Crippen LogP contribution is -2.50. The number of piperazine rings is 1. The van der Waals surface area contributed by atoms with E-state index in [9.17, 15) is 0 Å². The van der Waals surface area contributed by atoms with Crippen LogP contribution in [0.3, 0.4) is 0 Å². The van der Waals surface area contributed by atoms with Crippen LogP contribution in [0.25, 0.3) is 0 Å². The van der Waals surface area contributed by atoms with Gasteiger partial charge in [0, 0.05) is 38.6 Å². The zero-order chi connectivity index (χ0) is 14.4. The van der Waals surface area contributed by atoms with Crippen molar-refractivity contribution in [3.8, 4) is 5.75 Å².